The molecular weight excluding hydrogens is 328 g/mol. The maximum Gasteiger partial charge on any atom is 0.125 e. The van der Waals surface area contributed by atoms with Gasteiger partial charge in [0, 0.05) is 36.8 Å². The van der Waals surface area contributed by atoms with E-state index in [9.17, 15) is 0 Å². The molecule has 2 aliphatic rings. The molecule has 1 aromatic carbocycles. The van der Waals surface area contributed by atoms with Crippen LogP contribution in [0, 0.1) is 0 Å². The molecule has 0 radical (unpaired) electrons. The quantitative estimate of drug-likeness (QED) is 0.749. The van der Waals surface area contributed by atoms with E-state index in [1.165, 1.54) is 22.2 Å². The van der Waals surface area contributed by atoms with Crippen molar-refractivity contribution < 1.29 is 9.47 Å². The molecule has 0 amide bonds. The molecule has 0 spiro atoms. The molecule has 3 heterocycles. The Morgan fingerprint density at radius 2 is 2.00 bits per heavy atom. The van der Waals surface area contributed by atoms with Crippen LogP contribution in [0.15, 0.2) is 36.0 Å². The second kappa shape index (κ2) is 6.88. The molecule has 2 aliphatic heterocycles. The molecular formula is C20H24N4O2. The first-order chi connectivity index (χ1) is 12.7. The van der Waals surface area contributed by atoms with Crippen LogP contribution in [0.4, 0.5) is 0 Å². The van der Waals surface area contributed by atoms with E-state index in [0.717, 1.165) is 23.0 Å². The summed E-state index contributed by atoms with van der Waals surface area (Å²) in [7, 11) is 3.67. The van der Waals surface area contributed by atoms with Gasteiger partial charge >= 0.3 is 0 Å². The zero-order valence-electron chi connectivity index (χ0n) is 15.4. The summed E-state index contributed by atoms with van der Waals surface area (Å²) < 4.78 is 12.6. The topological polar surface area (TPSA) is 60.3 Å². The zero-order chi connectivity index (χ0) is 18.1. The number of fused-ring (bicyclic) bond motifs is 2. The maximum atomic E-state index is 5.67. The smallest absolute Gasteiger partial charge is 0.125 e. The fourth-order valence-electron chi connectivity index (χ4n) is 3.67. The first-order valence-electron chi connectivity index (χ1n) is 8.93. The Morgan fingerprint density at radius 3 is 2.73 bits per heavy atom. The SMILES string of the molecule is CCC1=C(c2ccc(OCCOC)cc2)NC2NC=c3cnn(C)c3=C12. The predicted octanol–water partition coefficient (Wildman–Crippen LogP) is 0.688. The first-order valence-corrected chi connectivity index (χ1v) is 8.93. The average molecular weight is 352 g/mol. The molecule has 0 bridgehead atoms. The fraction of sp³-hybridized carbons (Fsp3) is 0.350. The number of methoxy groups -OCH3 is 1. The normalized spacial score (nSPS) is 18.0. The lowest BCUT2D eigenvalue weighted by Gasteiger charge is -2.18. The second-order valence-electron chi connectivity index (χ2n) is 6.45. The lowest BCUT2D eigenvalue weighted by atomic mass is 9.98. The maximum absolute atomic E-state index is 5.67. The molecule has 1 aromatic heterocycles. The molecule has 0 saturated carbocycles. The first kappa shape index (κ1) is 16.7. The molecule has 0 fully saturated rings. The van der Waals surface area contributed by atoms with Crippen molar-refractivity contribution in [2.45, 2.75) is 19.5 Å². The van der Waals surface area contributed by atoms with Crippen molar-refractivity contribution in [3.05, 3.63) is 52.2 Å². The summed E-state index contributed by atoms with van der Waals surface area (Å²) in [5.41, 5.74) is 4.95. The Bertz CT molecular complexity index is 957. The molecule has 6 nitrogen and oxygen atoms in total. The number of ether oxygens (including phenoxy) is 2. The Hall–Kier alpha value is -2.73. The summed E-state index contributed by atoms with van der Waals surface area (Å²) in [5.74, 6) is 0.855. The van der Waals surface area contributed by atoms with Gasteiger partial charge in [0.1, 0.15) is 18.5 Å². The molecule has 136 valence electrons. The second-order valence-corrected chi connectivity index (χ2v) is 6.45. The van der Waals surface area contributed by atoms with Crippen molar-refractivity contribution in [2.75, 3.05) is 20.3 Å². The van der Waals surface area contributed by atoms with Crippen molar-refractivity contribution in [1.29, 1.82) is 0 Å². The predicted molar refractivity (Wildman–Crippen MR) is 101 cm³/mol. The molecule has 1 unspecified atom stereocenters. The van der Waals surface area contributed by atoms with Crippen molar-refractivity contribution in [3.63, 3.8) is 0 Å². The van der Waals surface area contributed by atoms with Gasteiger partial charge in [-0.25, -0.2) is 0 Å². The Labute approximate surface area is 152 Å². The molecule has 0 saturated heterocycles. The third kappa shape index (κ3) is 2.76. The standard InChI is InChI=1S/C20H24N4O2/c1-4-16-17-19-14(12-22-24(19)2)11-21-20(17)23-18(16)13-5-7-15(8-6-13)26-10-9-25-3/h5-8,11-12,20-21,23H,4,9-10H2,1-3H3. The van der Waals surface area contributed by atoms with Crippen LogP contribution in [0.5, 0.6) is 5.75 Å². The van der Waals surface area contributed by atoms with Gasteiger partial charge in [0.25, 0.3) is 0 Å². The summed E-state index contributed by atoms with van der Waals surface area (Å²) in [4.78, 5) is 0. The Balaban J connectivity index is 1.72. The summed E-state index contributed by atoms with van der Waals surface area (Å²) in [6.45, 7) is 3.34. The number of hydrogen-bond acceptors (Lipinski definition) is 5. The van der Waals surface area contributed by atoms with Crippen LogP contribution in [0.2, 0.25) is 0 Å². The Kier molecular flexibility index (Phi) is 4.42. The molecule has 0 aliphatic carbocycles. The molecule has 2 aromatic rings. The van der Waals surface area contributed by atoms with Crippen LogP contribution in [0.3, 0.4) is 0 Å². The summed E-state index contributed by atoms with van der Waals surface area (Å²) >= 11 is 0. The number of nitrogens with one attached hydrogen (secondary N) is 2. The number of hydrogen-bond donors (Lipinski definition) is 2. The number of nitrogens with zero attached hydrogens (tertiary/aromatic N) is 2. The highest BCUT2D eigenvalue weighted by Crippen LogP contribution is 2.33. The van der Waals surface area contributed by atoms with Gasteiger partial charge in [-0.15, -0.1) is 0 Å². The van der Waals surface area contributed by atoms with Crippen LogP contribution in [-0.4, -0.2) is 36.3 Å². The lowest BCUT2D eigenvalue weighted by Crippen LogP contribution is -2.47. The van der Waals surface area contributed by atoms with Crippen LogP contribution in [-0.2, 0) is 11.8 Å². The molecule has 4 rings (SSSR count). The Morgan fingerprint density at radius 1 is 1.19 bits per heavy atom. The van der Waals surface area contributed by atoms with Crippen LogP contribution in [0.25, 0.3) is 17.5 Å². The number of aromatic nitrogens is 2. The lowest BCUT2D eigenvalue weighted by molar-refractivity contribution is 0.146. The van der Waals surface area contributed by atoms with E-state index in [2.05, 4.69) is 34.8 Å². The van der Waals surface area contributed by atoms with Crippen molar-refractivity contribution in [3.8, 4) is 5.75 Å². The van der Waals surface area contributed by atoms with Gasteiger partial charge in [0.15, 0.2) is 0 Å². The number of rotatable bonds is 6. The van der Waals surface area contributed by atoms with Gasteiger partial charge < -0.3 is 20.1 Å². The van der Waals surface area contributed by atoms with Crippen LogP contribution in [0.1, 0.15) is 18.9 Å². The molecule has 6 heteroatoms. The van der Waals surface area contributed by atoms with E-state index >= 15 is 0 Å². The highest BCUT2D eigenvalue weighted by Gasteiger charge is 2.31. The van der Waals surface area contributed by atoms with Crippen LogP contribution < -0.4 is 25.9 Å². The highest BCUT2D eigenvalue weighted by atomic mass is 16.5. The van der Waals surface area contributed by atoms with Gasteiger partial charge in [-0.3, -0.25) is 4.68 Å². The van der Waals surface area contributed by atoms with Crippen LogP contribution >= 0.6 is 0 Å². The number of aryl methyl sites for hydroxylation is 1. The highest BCUT2D eigenvalue weighted by molar-refractivity contribution is 5.89. The minimum Gasteiger partial charge on any atom is -0.491 e. The largest absolute Gasteiger partial charge is 0.491 e. The number of benzene rings is 1. The summed E-state index contributed by atoms with van der Waals surface area (Å²) in [6.07, 6.45) is 4.97. The van der Waals surface area contributed by atoms with Gasteiger partial charge in [0.05, 0.1) is 18.2 Å². The van der Waals surface area contributed by atoms with Crippen molar-refractivity contribution in [1.82, 2.24) is 20.4 Å². The monoisotopic (exact) mass is 352 g/mol. The van der Waals surface area contributed by atoms with Crippen molar-refractivity contribution >= 4 is 17.5 Å². The third-order valence-corrected chi connectivity index (χ3v) is 4.88. The van der Waals surface area contributed by atoms with Gasteiger partial charge in [0.2, 0.25) is 0 Å². The summed E-state index contributed by atoms with van der Waals surface area (Å²) in [6, 6.07) is 8.22. The average Bonchev–Trinajstić information content (AvgIpc) is 3.22. The van der Waals surface area contributed by atoms with E-state index in [0.29, 0.717) is 13.2 Å². The minimum absolute atomic E-state index is 0.0838. The van der Waals surface area contributed by atoms with E-state index in [4.69, 9.17) is 9.47 Å². The minimum atomic E-state index is 0.0838. The van der Waals surface area contributed by atoms with E-state index in [1.807, 2.05) is 36.3 Å². The fourth-order valence-corrected chi connectivity index (χ4v) is 3.67. The molecule has 2 N–H and O–H groups in total. The van der Waals surface area contributed by atoms with E-state index < -0.39 is 0 Å². The van der Waals surface area contributed by atoms with Gasteiger partial charge in [-0.2, -0.15) is 5.10 Å². The van der Waals surface area contributed by atoms with E-state index in [-0.39, 0.29) is 6.17 Å². The van der Waals surface area contributed by atoms with E-state index in [1.54, 1.807) is 7.11 Å². The van der Waals surface area contributed by atoms with Gasteiger partial charge in [-0.1, -0.05) is 6.92 Å². The van der Waals surface area contributed by atoms with Crippen molar-refractivity contribution in [2.24, 2.45) is 7.05 Å². The zero-order valence-corrected chi connectivity index (χ0v) is 15.4. The molecule has 1 atom stereocenters. The summed E-state index contributed by atoms with van der Waals surface area (Å²) in [5, 5.41) is 13.8. The third-order valence-electron chi connectivity index (χ3n) is 4.88. The molecule has 26 heavy (non-hydrogen) atoms. The van der Waals surface area contributed by atoms with Gasteiger partial charge in [-0.05, 0) is 41.8 Å².